The van der Waals surface area contributed by atoms with Gasteiger partial charge in [0.05, 0.1) is 12.2 Å². The Kier molecular flexibility index (Phi) is 4.13. The summed E-state index contributed by atoms with van der Waals surface area (Å²) < 4.78 is 5.10. The van der Waals surface area contributed by atoms with Gasteiger partial charge in [-0.15, -0.1) is 0 Å². The first-order chi connectivity index (χ1) is 9.02. The molecule has 0 heterocycles. The molecule has 19 heavy (non-hydrogen) atoms. The van der Waals surface area contributed by atoms with Crippen molar-refractivity contribution in [3.05, 3.63) is 29.8 Å². The molecule has 1 aromatic carbocycles. The molecule has 3 nitrogen and oxygen atoms in total. The Labute approximate surface area is 115 Å². The SMILES string of the molecule is CCOC(=O)c1ccccc1NC1CCC(C)(C)C1. The van der Waals surface area contributed by atoms with Crippen LogP contribution in [0.5, 0.6) is 0 Å². The average Bonchev–Trinajstić information content (AvgIpc) is 2.69. The summed E-state index contributed by atoms with van der Waals surface area (Å²) in [5, 5.41) is 3.50. The molecule has 0 saturated heterocycles. The van der Waals surface area contributed by atoms with Gasteiger partial charge in [0.25, 0.3) is 0 Å². The molecule has 1 fully saturated rings. The van der Waals surface area contributed by atoms with Crippen molar-refractivity contribution in [1.82, 2.24) is 0 Å². The van der Waals surface area contributed by atoms with Gasteiger partial charge in [0.15, 0.2) is 0 Å². The van der Waals surface area contributed by atoms with Crippen molar-refractivity contribution in [1.29, 1.82) is 0 Å². The molecule has 0 bridgehead atoms. The smallest absolute Gasteiger partial charge is 0.340 e. The molecule has 0 amide bonds. The molecule has 0 spiro atoms. The van der Waals surface area contributed by atoms with Crippen LogP contribution < -0.4 is 5.32 Å². The van der Waals surface area contributed by atoms with Crippen molar-refractivity contribution in [2.45, 2.75) is 46.1 Å². The third-order valence-corrected chi connectivity index (χ3v) is 3.75. The number of hydrogen-bond acceptors (Lipinski definition) is 3. The van der Waals surface area contributed by atoms with Crippen molar-refractivity contribution < 1.29 is 9.53 Å². The maximum absolute atomic E-state index is 11.9. The first kappa shape index (κ1) is 13.9. The molecule has 1 N–H and O–H groups in total. The van der Waals surface area contributed by atoms with Gasteiger partial charge >= 0.3 is 5.97 Å². The second-order valence-electron chi connectivity index (χ2n) is 6.01. The molecule has 3 heteroatoms. The lowest BCUT2D eigenvalue weighted by atomic mass is 9.92. The highest BCUT2D eigenvalue weighted by Gasteiger charge is 2.31. The van der Waals surface area contributed by atoms with Gasteiger partial charge in [0.2, 0.25) is 0 Å². The van der Waals surface area contributed by atoms with Gasteiger partial charge in [0, 0.05) is 11.7 Å². The van der Waals surface area contributed by atoms with Crippen LogP contribution in [0.15, 0.2) is 24.3 Å². The van der Waals surface area contributed by atoms with Crippen LogP contribution in [0.3, 0.4) is 0 Å². The van der Waals surface area contributed by atoms with E-state index in [2.05, 4.69) is 19.2 Å². The van der Waals surface area contributed by atoms with Crippen LogP contribution in [0.1, 0.15) is 50.4 Å². The number of rotatable bonds is 4. The van der Waals surface area contributed by atoms with Gasteiger partial charge < -0.3 is 10.1 Å². The molecule has 0 radical (unpaired) electrons. The number of hydrogen-bond donors (Lipinski definition) is 1. The van der Waals surface area contributed by atoms with Crippen molar-refractivity contribution in [2.24, 2.45) is 5.41 Å². The number of carbonyl (C=O) groups is 1. The second-order valence-corrected chi connectivity index (χ2v) is 6.01. The van der Waals surface area contributed by atoms with Gasteiger partial charge in [-0.2, -0.15) is 0 Å². The number of esters is 1. The summed E-state index contributed by atoms with van der Waals surface area (Å²) >= 11 is 0. The first-order valence-corrected chi connectivity index (χ1v) is 7.04. The fourth-order valence-electron chi connectivity index (χ4n) is 2.78. The van der Waals surface area contributed by atoms with E-state index < -0.39 is 0 Å². The number of nitrogens with one attached hydrogen (secondary N) is 1. The standard InChI is InChI=1S/C16H23NO2/c1-4-19-15(18)13-7-5-6-8-14(13)17-12-9-10-16(2,3)11-12/h5-8,12,17H,4,9-11H2,1-3H3. The van der Waals surface area contributed by atoms with Gasteiger partial charge in [-0.3, -0.25) is 0 Å². The van der Waals surface area contributed by atoms with Crippen LogP contribution in [-0.4, -0.2) is 18.6 Å². The van der Waals surface area contributed by atoms with Crippen LogP contribution in [0.4, 0.5) is 5.69 Å². The molecule has 0 aliphatic heterocycles. The quantitative estimate of drug-likeness (QED) is 0.836. The maximum Gasteiger partial charge on any atom is 0.340 e. The number of benzene rings is 1. The Hall–Kier alpha value is -1.51. The van der Waals surface area contributed by atoms with Crippen LogP contribution in [0.25, 0.3) is 0 Å². The van der Waals surface area contributed by atoms with Gasteiger partial charge in [-0.25, -0.2) is 4.79 Å². The van der Waals surface area contributed by atoms with E-state index in [4.69, 9.17) is 4.74 Å². The highest BCUT2D eigenvalue weighted by Crippen LogP contribution is 2.38. The topological polar surface area (TPSA) is 38.3 Å². The normalized spacial score (nSPS) is 21.1. The van der Waals surface area contributed by atoms with E-state index in [1.54, 1.807) is 0 Å². The Bertz CT molecular complexity index is 454. The molecule has 1 saturated carbocycles. The molecule has 1 aromatic rings. The molecule has 0 aromatic heterocycles. The number of carbonyl (C=O) groups excluding carboxylic acids is 1. The molecule has 1 aliphatic carbocycles. The van der Waals surface area contributed by atoms with Crippen molar-refractivity contribution in [3.8, 4) is 0 Å². The van der Waals surface area contributed by atoms with E-state index in [0.717, 1.165) is 18.5 Å². The van der Waals surface area contributed by atoms with E-state index in [-0.39, 0.29) is 5.97 Å². The summed E-state index contributed by atoms with van der Waals surface area (Å²) in [7, 11) is 0. The highest BCUT2D eigenvalue weighted by molar-refractivity contribution is 5.95. The molecule has 2 rings (SSSR count). The summed E-state index contributed by atoms with van der Waals surface area (Å²) in [5.41, 5.74) is 1.92. The number of ether oxygens (including phenoxy) is 1. The summed E-state index contributed by atoms with van der Waals surface area (Å²) in [4.78, 5) is 11.9. The Morgan fingerprint density at radius 3 is 2.79 bits per heavy atom. The first-order valence-electron chi connectivity index (χ1n) is 7.04. The van der Waals surface area contributed by atoms with Crippen LogP contribution in [0, 0.1) is 5.41 Å². The average molecular weight is 261 g/mol. The summed E-state index contributed by atoms with van der Waals surface area (Å²) in [6, 6.07) is 8.05. The van der Waals surface area contributed by atoms with Crippen LogP contribution in [0.2, 0.25) is 0 Å². The highest BCUT2D eigenvalue weighted by atomic mass is 16.5. The predicted octanol–water partition coefficient (Wildman–Crippen LogP) is 3.85. The van der Waals surface area contributed by atoms with Gasteiger partial charge in [-0.05, 0) is 43.7 Å². The fourth-order valence-corrected chi connectivity index (χ4v) is 2.78. The number of anilines is 1. The van der Waals surface area contributed by atoms with Crippen molar-refractivity contribution in [3.63, 3.8) is 0 Å². The maximum atomic E-state index is 11.9. The minimum absolute atomic E-state index is 0.247. The van der Waals surface area contributed by atoms with Crippen molar-refractivity contribution >= 4 is 11.7 Å². The third-order valence-electron chi connectivity index (χ3n) is 3.75. The lowest BCUT2D eigenvalue weighted by molar-refractivity contribution is 0.0527. The molecular formula is C16H23NO2. The largest absolute Gasteiger partial charge is 0.462 e. The summed E-state index contributed by atoms with van der Waals surface area (Å²) in [5.74, 6) is -0.247. The zero-order valence-electron chi connectivity index (χ0n) is 12.0. The Balaban J connectivity index is 2.10. The van der Waals surface area contributed by atoms with Crippen LogP contribution in [-0.2, 0) is 4.74 Å². The Morgan fingerprint density at radius 2 is 2.16 bits per heavy atom. The zero-order chi connectivity index (χ0) is 13.9. The van der Waals surface area contributed by atoms with Gasteiger partial charge in [-0.1, -0.05) is 26.0 Å². The minimum atomic E-state index is -0.247. The Morgan fingerprint density at radius 1 is 1.42 bits per heavy atom. The van der Waals surface area contributed by atoms with E-state index in [9.17, 15) is 4.79 Å². The van der Waals surface area contributed by atoms with E-state index in [1.807, 2.05) is 31.2 Å². The zero-order valence-corrected chi connectivity index (χ0v) is 12.0. The summed E-state index contributed by atoms with van der Waals surface area (Å²) in [6.45, 7) is 6.83. The third kappa shape index (κ3) is 3.49. The minimum Gasteiger partial charge on any atom is -0.462 e. The molecule has 1 unspecified atom stereocenters. The van der Waals surface area contributed by atoms with Crippen LogP contribution >= 0.6 is 0 Å². The predicted molar refractivity (Wildman–Crippen MR) is 77.4 cm³/mol. The number of para-hydroxylation sites is 1. The summed E-state index contributed by atoms with van der Waals surface area (Å²) in [6.07, 6.45) is 3.53. The van der Waals surface area contributed by atoms with E-state index in [0.29, 0.717) is 23.6 Å². The lowest BCUT2D eigenvalue weighted by Gasteiger charge is -2.19. The lowest BCUT2D eigenvalue weighted by Crippen LogP contribution is -2.19. The monoisotopic (exact) mass is 261 g/mol. The molecule has 104 valence electrons. The molecule has 1 atom stereocenters. The fraction of sp³-hybridized carbons (Fsp3) is 0.562. The molecule has 1 aliphatic rings. The van der Waals surface area contributed by atoms with Gasteiger partial charge in [0.1, 0.15) is 0 Å². The van der Waals surface area contributed by atoms with E-state index >= 15 is 0 Å². The van der Waals surface area contributed by atoms with E-state index in [1.165, 1.54) is 6.42 Å². The molecular weight excluding hydrogens is 238 g/mol. The van der Waals surface area contributed by atoms with Crippen molar-refractivity contribution in [2.75, 3.05) is 11.9 Å². The second kappa shape index (κ2) is 5.64.